The fraction of sp³-hybridized carbons (Fsp3) is 0.391. The van der Waals surface area contributed by atoms with Crippen LogP contribution < -0.4 is 4.74 Å². The first kappa shape index (κ1) is 21.0. The summed E-state index contributed by atoms with van der Waals surface area (Å²) in [5.74, 6) is 0.359. The molecule has 2 heterocycles. The van der Waals surface area contributed by atoms with Crippen LogP contribution in [0.3, 0.4) is 0 Å². The summed E-state index contributed by atoms with van der Waals surface area (Å²) < 4.78 is 11.4. The van der Waals surface area contributed by atoms with Crippen LogP contribution in [0.4, 0.5) is 0 Å². The molecule has 4 N–H and O–H groups in total. The summed E-state index contributed by atoms with van der Waals surface area (Å²) >= 11 is 6.65. The summed E-state index contributed by atoms with van der Waals surface area (Å²) in [6.07, 6.45) is -2.65. The molecule has 4 rings (SSSR count). The van der Waals surface area contributed by atoms with Gasteiger partial charge in [0.2, 0.25) is 0 Å². The largest absolute Gasteiger partial charge is 0.512 e. The third-order valence-corrected chi connectivity index (χ3v) is 6.24. The first-order chi connectivity index (χ1) is 14.4. The fourth-order valence-corrected chi connectivity index (χ4v) is 4.37. The number of hydrogen-bond acceptors (Lipinski definition) is 6. The number of fused-ring (bicyclic) bond motifs is 1. The number of halogens is 1. The Morgan fingerprint density at radius 1 is 1.10 bits per heavy atom. The minimum absolute atomic E-state index is 0.197. The van der Waals surface area contributed by atoms with Crippen LogP contribution >= 0.6 is 11.6 Å². The molecule has 0 saturated carbocycles. The zero-order chi connectivity index (χ0) is 21.4. The second kappa shape index (κ2) is 8.47. The van der Waals surface area contributed by atoms with Crippen molar-refractivity contribution in [3.63, 3.8) is 0 Å². The van der Waals surface area contributed by atoms with Crippen molar-refractivity contribution in [3.8, 4) is 5.75 Å². The Balaban J connectivity index is 1.75. The van der Waals surface area contributed by atoms with Crippen molar-refractivity contribution in [2.24, 2.45) is 0 Å². The Morgan fingerprint density at radius 2 is 1.80 bits per heavy atom. The van der Waals surface area contributed by atoms with Gasteiger partial charge in [-0.15, -0.1) is 0 Å². The van der Waals surface area contributed by atoms with Gasteiger partial charge in [0.15, 0.2) is 11.9 Å². The minimum Gasteiger partial charge on any atom is -0.512 e. The molecule has 7 heteroatoms. The van der Waals surface area contributed by atoms with Gasteiger partial charge >= 0.3 is 0 Å². The molecule has 4 atom stereocenters. The summed E-state index contributed by atoms with van der Waals surface area (Å²) in [5.41, 5.74) is 4.56. The molecule has 160 valence electrons. The van der Waals surface area contributed by atoms with Gasteiger partial charge in [0.05, 0.1) is 11.6 Å². The maximum atomic E-state index is 10.6. The second-order valence-corrected chi connectivity index (χ2v) is 8.07. The number of rotatable bonds is 4. The molecular formula is C23H25ClO6. The predicted octanol–water partition coefficient (Wildman–Crippen LogP) is 2.98. The summed E-state index contributed by atoms with van der Waals surface area (Å²) in [6, 6.07) is 10.1. The van der Waals surface area contributed by atoms with E-state index in [9.17, 15) is 20.4 Å². The van der Waals surface area contributed by atoms with Crippen LogP contribution in [-0.4, -0.2) is 45.3 Å². The first-order valence-electron chi connectivity index (χ1n) is 10.0. The number of hydrogen-bond donors (Lipinski definition) is 4. The molecule has 0 aromatic heterocycles. The quantitative estimate of drug-likeness (QED) is 0.554. The summed E-state index contributed by atoms with van der Waals surface area (Å²) in [5, 5.41) is 40.7. The van der Waals surface area contributed by atoms with Crippen LogP contribution in [0.5, 0.6) is 5.75 Å². The van der Waals surface area contributed by atoms with E-state index in [1.54, 1.807) is 0 Å². The van der Waals surface area contributed by atoms with Gasteiger partial charge in [-0.3, -0.25) is 0 Å². The van der Waals surface area contributed by atoms with E-state index in [1.807, 2.05) is 6.07 Å². The van der Waals surface area contributed by atoms with Crippen molar-refractivity contribution in [3.05, 3.63) is 75.2 Å². The Hall–Kier alpha value is -2.25. The number of aryl methyl sites for hydroxylation is 1. The van der Waals surface area contributed by atoms with Gasteiger partial charge in [-0.2, -0.15) is 0 Å². The van der Waals surface area contributed by atoms with E-state index in [2.05, 4.69) is 31.2 Å². The van der Waals surface area contributed by atoms with Gasteiger partial charge in [-0.25, -0.2) is 0 Å². The van der Waals surface area contributed by atoms with Crippen molar-refractivity contribution in [2.45, 2.75) is 50.6 Å². The SMILES string of the molecule is CCc1ccc(Cc2cc([C@@H]3O/C(=C/O)[C@@H](O)[C@H](O)[C@H]3O)c3c(c2Cl)OCC3)cc1. The highest BCUT2D eigenvalue weighted by Gasteiger charge is 2.44. The fourth-order valence-electron chi connectivity index (χ4n) is 4.08. The third kappa shape index (κ3) is 3.65. The van der Waals surface area contributed by atoms with Crippen LogP contribution in [0.15, 0.2) is 42.4 Å². The smallest absolute Gasteiger partial charge is 0.162 e. The minimum atomic E-state index is -1.51. The lowest BCUT2D eigenvalue weighted by atomic mass is 9.88. The summed E-state index contributed by atoms with van der Waals surface area (Å²) in [6.45, 7) is 2.55. The maximum Gasteiger partial charge on any atom is 0.162 e. The Bertz CT molecular complexity index is 955. The third-order valence-electron chi connectivity index (χ3n) is 5.83. The van der Waals surface area contributed by atoms with E-state index in [-0.39, 0.29) is 5.76 Å². The Morgan fingerprint density at radius 3 is 2.47 bits per heavy atom. The first-order valence-corrected chi connectivity index (χ1v) is 10.4. The van der Waals surface area contributed by atoms with E-state index >= 15 is 0 Å². The zero-order valence-electron chi connectivity index (χ0n) is 16.6. The molecule has 1 fully saturated rings. The summed E-state index contributed by atoms with van der Waals surface area (Å²) in [4.78, 5) is 0. The molecule has 2 aliphatic heterocycles. The highest BCUT2D eigenvalue weighted by atomic mass is 35.5. The molecule has 2 aromatic carbocycles. The van der Waals surface area contributed by atoms with E-state index in [4.69, 9.17) is 21.1 Å². The molecule has 0 radical (unpaired) electrons. The Kier molecular flexibility index (Phi) is 5.93. The average molecular weight is 433 g/mol. The van der Waals surface area contributed by atoms with E-state index in [0.29, 0.717) is 42.0 Å². The molecule has 6 nitrogen and oxygen atoms in total. The molecule has 30 heavy (non-hydrogen) atoms. The van der Waals surface area contributed by atoms with Crippen LogP contribution in [0.1, 0.15) is 40.8 Å². The van der Waals surface area contributed by atoms with Gasteiger partial charge in [0.25, 0.3) is 0 Å². The normalized spacial score (nSPS) is 26.9. The van der Waals surface area contributed by atoms with E-state index < -0.39 is 24.4 Å². The van der Waals surface area contributed by atoms with Crippen LogP contribution in [0, 0.1) is 0 Å². The molecule has 2 aromatic rings. The van der Waals surface area contributed by atoms with Crippen molar-refractivity contribution in [1.82, 2.24) is 0 Å². The lowest BCUT2D eigenvalue weighted by Gasteiger charge is -2.37. The molecule has 0 unspecified atom stereocenters. The standard InChI is InChI=1S/C23H25ClO6/c1-2-12-3-5-13(6-4-12)9-14-10-16(15-7-8-29-22(15)18(14)24)23-21(28)20(27)19(26)17(11-25)30-23/h3-6,10-11,19-21,23,25-28H,2,7-9H2,1H3/b17-11+/t19-,20+,21-,23+/m1/s1. The molecular weight excluding hydrogens is 408 g/mol. The molecule has 0 bridgehead atoms. The van der Waals surface area contributed by atoms with Crippen LogP contribution in [-0.2, 0) is 24.0 Å². The van der Waals surface area contributed by atoms with Gasteiger partial charge < -0.3 is 29.9 Å². The number of aliphatic hydroxyl groups excluding tert-OH is 4. The second-order valence-electron chi connectivity index (χ2n) is 7.69. The molecule has 0 spiro atoms. The number of aliphatic hydroxyl groups is 4. The van der Waals surface area contributed by atoms with E-state index in [1.165, 1.54) is 5.56 Å². The lowest BCUT2D eigenvalue weighted by Crippen LogP contribution is -2.48. The maximum absolute atomic E-state index is 10.6. The molecule has 0 aliphatic carbocycles. The van der Waals surface area contributed by atoms with Crippen molar-refractivity contribution >= 4 is 11.6 Å². The molecule has 1 saturated heterocycles. The van der Waals surface area contributed by atoms with Gasteiger partial charge in [0.1, 0.15) is 30.3 Å². The van der Waals surface area contributed by atoms with Crippen molar-refractivity contribution in [2.75, 3.05) is 6.61 Å². The summed E-state index contributed by atoms with van der Waals surface area (Å²) in [7, 11) is 0. The van der Waals surface area contributed by atoms with Gasteiger partial charge in [-0.05, 0) is 35.6 Å². The van der Waals surface area contributed by atoms with E-state index in [0.717, 1.165) is 23.1 Å². The monoisotopic (exact) mass is 432 g/mol. The molecule has 0 amide bonds. The molecule has 2 aliphatic rings. The highest BCUT2D eigenvalue weighted by molar-refractivity contribution is 6.33. The highest BCUT2D eigenvalue weighted by Crippen LogP contribution is 2.45. The van der Waals surface area contributed by atoms with Crippen LogP contribution in [0.25, 0.3) is 0 Å². The van der Waals surface area contributed by atoms with Gasteiger partial charge in [0, 0.05) is 17.5 Å². The number of ether oxygens (including phenoxy) is 2. The van der Waals surface area contributed by atoms with Gasteiger partial charge in [-0.1, -0.05) is 42.8 Å². The van der Waals surface area contributed by atoms with Crippen molar-refractivity contribution in [1.29, 1.82) is 0 Å². The zero-order valence-corrected chi connectivity index (χ0v) is 17.3. The number of benzene rings is 2. The Labute approximate surface area is 180 Å². The van der Waals surface area contributed by atoms with Crippen LogP contribution in [0.2, 0.25) is 5.02 Å². The lowest BCUT2D eigenvalue weighted by molar-refractivity contribution is -0.159. The van der Waals surface area contributed by atoms with Crippen molar-refractivity contribution < 1.29 is 29.9 Å². The topological polar surface area (TPSA) is 99.4 Å². The average Bonchev–Trinajstić information content (AvgIpc) is 3.26. The predicted molar refractivity (Wildman–Crippen MR) is 112 cm³/mol.